The quantitative estimate of drug-likeness (QED) is 0.851. The lowest BCUT2D eigenvalue weighted by Crippen LogP contribution is -2.35. The van der Waals surface area contributed by atoms with Crippen LogP contribution < -0.4 is 0 Å². The van der Waals surface area contributed by atoms with Crippen molar-refractivity contribution in [3.05, 3.63) is 18.1 Å². The molecule has 1 aliphatic rings. The molecule has 2 heterocycles. The number of hydrogen-bond donors (Lipinski definition) is 0. The molecule has 0 spiro atoms. The van der Waals surface area contributed by atoms with Gasteiger partial charge in [0.05, 0.1) is 16.5 Å². The van der Waals surface area contributed by atoms with Crippen molar-refractivity contribution in [2.45, 2.75) is 44.7 Å². The summed E-state index contributed by atoms with van der Waals surface area (Å²) in [5.74, 6) is 0.702. The van der Waals surface area contributed by atoms with E-state index < -0.39 is 16.4 Å². The third-order valence-electron chi connectivity index (χ3n) is 3.38. The van der Waals surface area contributed by atoms with Gasteiger partial charge in [-0.05, 0) is 40.0 Å². The van der Waals surface area contributed by atoms with Gasteiger partial charge in [0, 0.05) is 31.2 Å². The van der Waals surface area contributed by atoms with Crippen molar-refractivity contribution in [3.63, 3.8) is 0 Å². The molecule has 0 aliphatic carbocycles. The number of aryl methyl sites for hydroxylation is 1. The zero-order valence-corrected chi connectivity index (χ0v) is 14.4. The van der Waals surface area contributed by atoms with E-state index in [4.69, 9.17) is 4.74 Å². The van der Waals surface area contributed by atoms with E-state index in [0.717, 1.165) is 6.42 Å². The van der Waals surface area contributed by atoms with Crippen LogP contribution in [0.4, 0.5) is 4.79 Å². The molecule has 0 bridgehead atoms. The van der Waals surface area contributed by atoms with Gasteiger partial charge in [0.25, 0.3) is 0 Å². The van der Waals surface area contributed by atoms with Crippen LogP contribution in [0.2, 0.25) is 0 Å². The van der Waals surface area contributed by atoms with E-state index in [9.17, 15) is 9.00 Å². The average Bonchev–Trinajstić information content (AvgIpc) is 2.85. The monoisotopic (exact) mass is 325 g/mol. The number of carbonyl (C=O) groups excluding carboxylic acids is 1. The Balaban J connectivity index is 1.90. The molecule has 1 aliphatic heterocycles. The Morgan fingerprint density at radius 1 is 1.41 bits per heavy atom. The van der Waals surface area contributed by atoms with Gasteiger partial charge in [-0.1, -0.05) is 0 Å². The second-order valence-corrected chi connectivity index (χ2v) is 7.95. The first-order valence-electron chi connectivity index (χ1n) is 7.40. The number of aromatic nitrogens is 2. The van der Waals surface area contributed by atoms with Gasteiger partial charge in [-0.3, -0.25) is 9.19 Å². The normalized spacial score (nSPS) is 20.0. The molecule has 1 amide bonds. The van der Waals surface area contributed by atoms with Crippen LogP contribution in [0.15, 0.2) is 17.4 Å². The van der Waals surface area contributed by atoms with E-state index >= 15 is 0 Å². The third-order valence-corrected chi connectivity index (χ3v) is 4.98. The van der Waals surface area contributed by atoms with Crippen LogP contribution in [0.1, 0.15) is 32.9 Å². The lowest BCUT2D eigenvalue weighted by atomic mass is 10.2. The number of nitrogens with zero attached hydrogens (tertiary/aromatic N) is 3. The van der Waals surface area contributed by atoms with Crippen LogP contribution in [-0.2, 0) is 15.5 Å². The number of likely N-dealkylation sites (tertiary alicyclic amines) is 1. The topological polar surface area (TPSA) is 72.4 Å². The molecule has 0 N–H and O–H groups in total. The van der Waals surface area contributed by atoms with Crippen molar-refractivity contribution in [2.24, 2.45) is 5.92 Å². The molecule has 0 radical (unpaired) electrons. The van der Waals surface area contributed by atoms with Gasteiger partial charge in [0.1, 0.15) is 10.6 Å². The highest BCUT2D eigenvalue weighted by Gasteiger charge is 2.31. The number of amides is 1. The minimum Gasteiger partial charge on any atom is -0.444 e. The summed E-state index contributed by atoms with van der Waals surface area (Å²) in [5.41, 5.74) is 0.206. The fourth-order valence-electron chi connectivity index (χ4n) is 2.37. The average molecular weight is 325 g/mol. The summed E-state index contributed by atoms with van der Waals surface area (Å²) in [7, 11) is -1.18. The van der Waals surface area contributed by atoms with Gasteiger partial charge >= 0.3 is 6.09 Å². The maximum atomic E-state index is 12.4. The van der Waals surface area contributed by atoms with Crippen LogP contribution >= 0.6 is 0 Å². The zero-order chi connectivity index (χ0) is 16.3. The molecular formula is C15H23N3O3S. The highest BCUT2D eigenvalue weighted by molar-refractivity contribution is 7.85. The maximum absolute atomic E-state index is 12.4. The summed E-state index contributed by atoms with van der Waals surface area (Å²) >= 11 is 0. The van der Waals surface area contributed by atoms with E-state index in [2.05, 4.69) is 9.97 Å². The first kappa shape index (κ1) is 16.9. The summed E-state index contributed by atoms with van der Waals surface area (Å²) in [5, 5.41) is 0.540. The number of rotatable bonds is 3. The van der Waals surface area contributed by atoms with Crippen LogP contribution in [0.3, 0.4) is 0 Å². The molecule has 22 heavy (non-hydrogen) atoms. The molecule has 2 atom stereocenters. The molecule has 7 heteroatoms. The second-order valence-electron chi connectivity index (χ2n) is 6.54. The van der Waals surface area contributed by atoms with Crippen molar-refractivity contribution in [3.8, 4) is 0 Å². The fourth-order valence-corrected chi connectivity index (χ4v) is 3.79. The molecule has 1 aromatic heterocycles. The van der Waals surface area contributed by atoms with Gasteiger partial charge < -0.3 is 9.64 Å². The summed E-state index contributed by atoms with van der Waals surface area (Å²) in [6.07, 6.45) is 3.69. The van der Waals surface area contributed by atoms with Crippen LogP contribution in [0.5, 0.6) is 0 Å². The Morgan fingerprint density at radius 2 is 2.09 bits per heavy atom. The summed E-state index contributed by atoms with van der Waals surface area (Å²) in [4.78, 5) is 22.0. The van der Waals surface area contributed by atoms with Crippen LogP contribution in [-0.4, -0.2) is 49.6 Å². The lowest BCUT2D eigenvalue weighted by molar-refractivity contribution is 0.0289. The van der Waals surface area contributed by atoms with Gasteiger partial charge in [-0.2, -0.15) is 0 Å². The number of ether oxygens (including phenoxy) is 1. The summed E-state index contributed by atoms with van der Waals surface area (Å²) < 4.78 is 17.8. The largest absolute Gasteiger partial charge is 0.444 e. The second kappa shape index (κ2) is 6.73. The Hall–Kier alpha value is -1.50. The lowest BCUT2D eigenvalue weighted by Gasteiger charge is -2.24. The molecule has 0 aromatic carbocycles. The Bertz CT molecular complexity index is 571. The number of carbonyl (C=O) groups is 1. The molecule has 6 nitrogen and oxygen atoms in total. The van der Waals surface area contributed by atoms with E-state index in [1.807, 2.05) is 27.7 Å². The van der Waals surface area contributed by atoms with E-state index in [-0.39, 0.29) is 12.0 Å². The van der Waals surface area contributed by atoms with Crippen molar-refractivity contribution in [1.29, 1.82) is 0 Å². The Labute approximate surface area is 133 Å². The first-order chi connectivity index (χ1) is 10.3. The molecule has 1 fully saturated rings. The van der Waals surface area contributed by atoms with Crippen molar-refractivity contribution < 1.29 is 13.7 Å². The number of hydrogen-bond acceptors (Lipinski definition) is 5. The van der Waals surface area contributed by atoms with Crippen molar-refractivity contribution >= 4 is 16.9 Å². The summed E-state index contributed by atoms with van der Waals surface area (Å²) in [6.45, 7) is 8.59. The molecular weight excluding hydrogens is 302 g/mol. The molecule has 0 saturated carbocycles. The molecule has 1 aromatic rings. The van der Waals surface area contributed by atoms with E-state index in [1.165, 1.54) is 0 Å². The summed E-state index contributed by atoms with van der Waals surface area (Å²) in [6, 6.07) is 0. The maximum Gasteiger partial charge on any atom is 0.410 e. The van der Waals surface area contributed by atoms with Crippen LogP contribution in [0.25, 0.3) is 0 Å². The predicted molar refractivity (Wildman–Crippen MR) is 84.0 cm³/mol. The van der Waals surface area contributed by atoms with E-state index in [0.29, 0.717) is 29.6 Å². The fraction of sp³-hybridized carbons (Fsp3) is 0.667. The minimum absolute atomic E-state index is 0.203. The first-order valence-corrected chi connectivity index (χ1v) is 8.72. The van der Waals surface area contributed by atoms with Gasteiger partial charge in [-0.25, -0.2) is 9.78 Å². The SMILES string of the molecule is Cc1nccnc1[S@](=O)C[C@H]1CCN(C(=O)OC(C)(C)C)C1. The van der Waals surface area contributed by atoms with Gasteiger partial charge in [0.2, 0.25) is 0 Å². The Kier molecular flexibility index (Phi) is 5.16. The molecule has 122 valence electrons. The standard InChI is InChI=1S/C15H23N3O3S/c1-11-13(17-7-6-16-11)22(20)10-12-5-8-18(9-12)14(19)21-15(2,3)4/h6-7,12H,5,8-10H2,1-4H3/t12-,22+/m0/s1. The van der Waals surface area contributed by atoms with E-state index in [1.54, 1.807) is 17.3 Å². The Morgan fingerprint density at radius 3 is 2.73 bits per heavy atom. The zero-order valence-electron chi connectivity index (χ0n) is 13.5. The molecule has 2 rings (SSSR count). The van der Waals surface area contributed by atoms with Crippen LogP contribution in [0, 0.1) is 12.8 Å². The third kappa shape index (κ3) is 4.50. The smallest absolute Gasteiger partial charge is 0.410 e. The highest BCUT2D eigenvalue weighted by Crippen LogP contribution is 2.22. The van der Waals surface area contributed by atoms with Gasteiger partial charge in [-0.15, -0.1) is 0 Å². The molecule has 0 unspecified atom stereocenters. The van der Waals surface area contributed by atoms with Crippen molar-refractivity contribution in [1.82, 2.24) is 14.9 Å². The predicted octanol–water partition coefficient (Wildman–Crippen LogP) is 2.15. The van der Waals surface area contributed by atoms with Gasteiger partial charge in [0.15, 0.2) is 0 Å². The van der Waals surface area contributed by atoms with Crippen molar-refractivity contribution in [2.75, 3.05) is 18.8 Å². The molecule has 1 saturated heterocycles. The highest BCUT2D eigenvalue weighted by atomic mass is 32.2. The minimum atomic E-state index is -1.18.